The van der Waals surface area contributed by atoms with Gasteiger partial charge in [-0.05, 0) is 62.5 Å². The number of aromatic nitrogens is 2. The van der Waals surface area contributed by atoms with Crippen molar-refractivity contribution >= 4 is 28.9 Å². The molecule has 0 amide bonds. The number of anilines is 2. The SMILES string of the molecule is COc1ccc(Nc2cnn(C34C[C@@H]5C[C@@H](CC(C(=O)O)(C5)C3)C4)c(=O)c2Cl)c(OC)c1. The van der Waals surface area contributed by atoms with Crippen molar-refractivity contribution < 1.29 is 19.4 Å². The molecule has 4 bridgehead atoms. The number of hydrogen-bond donors (Lipinski definition) is 2. The number of nitrogens with zero attached hydrogens (tertiary/aromatic N) is 2. The Kier molecular flexibility index (Phi) is 4.89. The summed E-state index contributed by atoms with van der Waals surface area (Å²) in [6, 6.07) is 5.27. The lowest BCUT2D eigenvalue weighted by Gasteiger charge is -2.60. The molecule has 4 aliphatic carbocycles. The Morgan fingerprint density at radius 3 is 2.53 bits per heavy atom. The first-order valence-corrected chi connectivity index (χ1v) is 11.2. The molecular formula is C23H26ClN3O5. The second-order valence-electron chi connectivity index (χ2n) is 9.55. The summed E-state index contributed by atoms with van der Waals surface area (Å²) in [7, 11) is 3.12. The minimum Gasteiger partial charge on any atom is -0.497 e. The van der Waals surface area contributed by atoms with Crippen molar-refractivity contribution in [1.29, 1.82) is 0 Å². The van der Waals surface area contributed by atoms with Crippen molar-refractivity contribution in [3.8, 4) is 11.5 Å². The number of aliphatic carboxylic acids is 1. The van der Waals surface area contributed by atoms with E-state index in [1.807, 2.05) is 0 Å². The zero-order valence-corrected chi connectivity index (χ0v) is 18.8. The van der Waals surface area contributed by atoms with E-state index in [1.165, 1.54) is 4.68 Å². The molecule has 0 radical (unpaired) electrons. The first-order valence-electron chi connectivity index (χ1n) is 10.8. The average molecular weight is 460 g/mol. The summed E-state index contributed by atoms with van der Waals surface area (Å²) in [6.07, 6.45) is 5.96. The topological polar surface area (TPSA) is 103 Å². The fourth-order valence-corrected chi connectivity index (χ4v) is 6.79. The zero-order valence-electron chi connectivity index (χ0n) is 18.1. The van der Waals surface area contributed by atoms with Gasteiger partial charge >= 0.3 is 5.97 Å². The molecule has 1 heterocycles. The highest BCUT2D eigenvalue weighted by atomic mass is 35.5. The first-order chi connectivity index (χ1) is 15.3. The molecule has 4 aliphatic rings. The molecule has 32 heavy (non-hydrogen) atoms. The highest BCUT2D eigenvalue weighted by molar-refractivity contribution is 6.33. The van der Waals surface area contributed by atoms with E-state index in [2.05, 4.69) is 10.4 Å². The van der Waals surface area contributed by atoms with Gasteiger partial charge in [-0.3, -0.25) is 9.59 Å². The lowest BCUT2D eigenvalue weighted by Crippen LogP contribution is -2.61. The maximum atomic E-state index is 13.4. The zero-order chi connectivity index (χ0) is 22.7. The molecule has 4 saturated carbocycles. The van der Waals surface area contributed by atoms with Crippen LogP contribution >= 0.6 is 11.6 Å². The Bertz CT molecular complexity index is 1130. The number of carbonyl (C=O) groups is 1. The molecule has 1 aromatic carbocycles. The second kappa shape index (κ2) is 7.40. The second-order valence-corrected chi connectivity index (χ2v) is 9.93. The van der Waals surface area contributed by atoms with Crippen LogP contribution in [-0.4, -0.2) is 35.1 Å². The van der Waals surface area contributed by atoms with Crippen molar-refractivity contribution in [2.75, 3.05) is 19.5 Å². The Morgan fingerprint density at radius 2 is 1.91 bits per heavy atom. The molecule has 8 nitrogen and oxygen atoms in total. The van der Waals surface area contributed by atoms with Crippen LogP contribution in [0.2, 0.25) is 5.02 Å². The van der Waals surface area contributed by atoms with E-state index in [0.29, 0.717) is 54.0 Å². The number of hydrogen-bond acceptors (Lipinski definition) is 6. The van der Waals surface area contributed by atoms with Gasteiger partial charge in [-0.15, -0.1) is 0 Å². The molecule has 2 aromatic rings. The van der Waals surface area contributed by atoms with Crippen LogP contribution in [0.5, 0.6) is 11.5 Å². The van der Waals surface area contributed by atoms with E-state index in [4.69, 9.17) is 21.1 Å². The van der Waals surface area contributed by atoms with Crippen molar-refractivity contribution in [2.45, 2.75) is 44.1 Å². The summed E-state index contributed by atoms with van der Waals surface area (Å²) >= 11 is 6.52. The molecule has 2 N–H and O–H groups in total. The summed E-state index contributed by atoms with van der Waals surface area (Å²) in [5.41, 5.74) is -0.751. The molecule has 0 aliphatic heterocycles. The van der Waals surface area contributed by atoms with Gasteiger partial charge in [0.2, 0.25) is 0 Å². The lowest BCUT2D eigenvalue weighted by molar-refractivity contribution is -0.173. The highest BCUT2D eigenvalue weighted by Gasteiger charge is 2.62. The van der Waals surface area contributed by atoms with E-state index >= 15 is 0 Å². The van der Waals surface area contributed by atoms with Crippen LogP contribution in [-0.2, 0) is 10.3 Å². The molecule has 0 spiro atoms. The van der Waals surface area contributed by atoms with Crippen LogP contribution in [0, 0.1) is 17.3 Å². The van der Waals surface area contributed by atoms with Crippen molar-refractivity contribution in [1.82, 2.24) is 9.78 Å². The third-order valence-corrected chi connectivity index (χ3v) is 7.90. The molecule has 1 aromatic heterocycles. The van der Waals surface area contributed by atoms with Gasteiger partial charge in [-0.2, -0.15) is 5.10 Å². The van der Waals surface area contributed by atoms with Gasteiger partial charge in [0.1, 0.15) is 16.5 Å². The molecule has 4 fully saturated rings. The standard InChI is InChI=1S/C23H26ClN3O5/c1-31-15-3-4-16(18(6-15)32-2)26-17-11-25-27(20(28)19(17)24)23-9-13-5-14(10-23)8-22(7-13,12-23)21(29)30/h3-4,6,11,13-14,26H,5,7-10,12H2,1-2H3,(H,29,30)/t13-,14+,22?,23?. The summed E-state index contributed by atoms with van der Waals surface area (Å²) in [5.74, 6) is 1.04. The van der Waals surface area contributed by atoms with Gasteiger partial charge in [-0.1, -0.05) is 11.6 Å². The lowest BCUT2D eigenvalue weighted by atomic mass is 9.47. The molecule has 6 rings (SSSR count). The monoisotopic (exact) mass is 459 g/mol. The number of ether oxygens (including phenoxy) is 2. The van der Waals surface area contributed by atoms with Crippen LogP contribution in [0.4, 0.5) is 11.4 Å². The van der Waals surface area contributed by atoms with Gasteiger partial charge in [0.05, 0.1) is 42.7 Å². The molecular weight excluding hydrogens is 434 g/mol. The number of benzene rings is 1. The predicted molar refractivity (Wildman–Crippen MR) is 119 cm³/mol. The minimum atomic E-state index is -0.759. The maximum absolute atomic E-state index is 13.4. The van der Waals surface area contributed by atoms with Gasteiger partial charge in [0.15, 0.2) is 0 Å². The van der Waals surface area contributed by atoms with Crippen molar-refractivity contribution in [3.05, 3.63) is 39.8 Å². The first kappa shape index (κ1) is 21.1. The Morgan fingerprint density at radius 1 is 1.19 bits per heavy atom. The van der Waals surface area contributed by atoms with Gasteiger partial charge in [0, 0.05) is 6.07 Å². The summed E-state index contributed by atoms with van der Waals surface area (Å²) in [4.78, 5) is 25.5. The molecule has 0 saturated heterocycles. The quantitative estimate of drug-likeness (QED) is 0.672. The van der Waals surface area contributed by atoms with Crippen molar-refractivity contribution in [2.24, 2.45) is 17.3 Å². The van der Waals surface area contributed by atoms with Gasteiger partial charge in [0.25, 0.3) is 5.56 Å². The molecule has 4 atom stereocenters. The van der Waals surface area contributed by atoms with Crippen LogP contribution in [0.15, 0.2) is 29.2 Å². The van der Waals surface area contributed by atoms with Gasteiger partial charge < -0.3 is 19.9 Å². The van der Waals surface area contributed by atoms with E-state index < -0.39 is 22.5 Å². The van der Waals surface area contributed by atoms with Crippen LogP contribution < -0.4 is 20.3 Å². The van der Waals surface area contributed by atoms with E-state index in [1.54, 1.807) is 38.6 Å². The molecule has 170 valence electrons. The number of methoxy groups -OCH3 is 2. The third kappa shape index (κ3) is 3.15. The van der Waals surface area contributed by atoms with E-state index in [-0.39, 0.29) is 5.02 Å². The van der Waals surface area contributed by atoms with E-state index in [9.17, 15) is 14.7 Å². The van der Waals surface area contributed by atoms with Crippen LogP contribution in [0.25, 0.3) is 0 Å². The predicted octanol–water partition coefficient (Wildman–Crippen LogP) is 4.04. The van der Waals surface area contributed by atoms with Crippen LogP contribution in [0.3, 0.4) is 0 Å². The normalized spacial score (nSPS) is 30.2. The van der Waals surface area contributed by atoms with Gasteiger partial charge in [-0.25, -0.2) is 4.68 Å². The number of carboxylic acid groups (broad SMARTS) is 1. The fraction of sp³-hybridized carbons (Fsp3) is 0.522. The average Bonchev–Trinajstić information content (AvgIpc) is 2.76. The summed E-state index contributed by atoms with van der Waals surface area (Å²) in [5, 5.41) is 17.7. The number of halogens is 1. The number of rotatable bonds is 6. The van der Waals surface area contributed by atoms with Crippen molar-refractivity contribution in [3.63, 3.8) is 0 Å². The third-order valence-electron chi connectivity index (χ3n) is 7.53. The molecule has 9 heteroatoms. The number of nitrogens with one attached hydrogen (secondary N) is 1. The smallest absolute Gasteiger partial charge is 0.309 e. The largest absolute Gasteiger partial charge is 0.497 e. The Balaban J connectivity index is 1.50. The van der Waals surface area contributed by atoms with E-state index in [0.717, 1.165) is 19.3 Å². The molecule has 2 unspecified atom stereocenters. The maximum Gasteiger partial charge on any atom is 0.309 e. The fourth-order valence-electron chi connectivity index (χ4n) is 6.62. The Labute approximate surface area is 190 Å². The summed E-state index contributed by atoms with van der Waals surface area (Å²) < 4.78 is 12.1. The number of carboxylic acids is 1. The van der Waals surface area contributed by atoms with Crippen LogP contribution in [0.1, 0.15) is 38.5 Å². The minimum absolute atomic E-state index is 0.0259. The Hall–Kier alpha value is -2.74. The summed E-state index contributed by atoms with van der Waals surface area (Å²) in [6.45, 7) is 0. The highest BCUT2D eigenvalue weighted by Crippen LogP contribution is 2.64.